The number of anilines is 1. The molecule has 0 saturated heterocycles. The molecule has 5 nitrogen and oxygen atoms in total. The van der Waals surface area contributed by atoms with E-state index in [2.05, 4.69) is 10.3 Å². The molecule has 1 aromatic heterocycles. The van der Waals surface area contributed by atoms with Crippen molar-refractivity contribution in [3.63, 3.8) is 0 Å². The zero-order chi connectivity index (χ0) is 18.7. The van der Waals surface area contributed by atoms with Crippen LogP contribution in [0, 0.1) is 12.7 Å². The van der Waals surface area contributed by atoms with Crippen molar-refractivity contribution >= 4 is 22.6 Å². The van der Waals surface area contributed by atoms with E-state index < -0.39 is 0 Å². The fourth-order valence-corrected chi connectivity index (χ4v) is 2.81. The number of rotatable bonds is 4. The maximum atomic E-state index is 13.7. The molecule has 2 amide bonds. The van der Waals surface area contributed by atoms with Gasteiger partial charge >= 0.3 is 6.03 Å². The van der Waals surface area contributed by atoms with Gasteiger partial charge in [-0.3, -0.25) is 4.79 Å². The van der Waals surface area contributed by atoms with Crippen LogP contribution in [0.4, 0.5) is 14.9 Å². The summed E-state index contributed by atoms with van der Waals surface area (Å²) in [5.74, 6) is -0.369. The highest BCUT2D eigenvalue weighted by Gasteiger charge is 2.15. The van der Waals surface area contributed by atoms with Crippen molar-refractivity contribution in [2.75, 3.05) is 11.9 Å². The number of nitrogens with zero attached hydrogens (tertiary/aromatic N) is 1. The van der Waals surface area contributed by atoms with E-state index in [-0.39, 0.29) is 24.0 Å². The van der Waals surface area contributed by atoms with Gasteiger partial charge in [-0.15, -0.1) is 0 Å². The molecule has 0 spiro atoms. The van der Waals surface area contributed by atoms with Crippen LogP contribution in [-0.4, -0.2) is 22.5 Å². The van der Waals surface area contributed by atoms with Gasteiger partial charge in [0.1, 0.15) is 5.82 Å². The summed E-state index contributed by atoms with van der Waals surface area (Å²) < 4.78 is 13.7. The molecule has 6 heteroatoms. The van der Waals surface area contributed by atoms with Gasteiger partial charge in [0.25, 0.3) is 0 Å². The summed E-state index contributed by atoms with van der Waals surface area (Å²) in [4.78, 5) is 28.8. The first-order valence-electron chi connectivity index (χ1n) is 8.41. The van der Waals surface area contributed by atoms with Crippen molar-refractivity contribution in [2.45, 2.75) is 20.4 Å². The average Bonchev–Trinajstić information content (AvgIpc) is 2.62. The van der Waals surface area contributed by atoms with Crippen LogP contribution in [0.15, 0.2) is 53.3 Å². The standard InChI is InChI=1S/C20H20FN3O2/c1-3-24(20(26)22-15-9-8-13(2)17(21)11-15)12-14-10-19(25)23-18-7-5-4-6-16(14)18/h4-11H,3,12H2,1-2H3,(H,22,26)(H,23,25). The fourth-order valence-electron chi connectivity index (χ4n) is 2.81. The summed E-state index contributed by atoms with van der Waals surface area (Å²) in [6, 6.07) is 13.2. The molecule has 0 saturated carbocycles. The number of hydrogen-bond acceptors (Lipinski definition) is 2. The second kappa shape index (κ2) is 7.39. The number of halogens is 1. The van der Waals surface area contributed by atoms with Crippen molar-refractivity contribution in [3.8, 4) is 0 Å². The molecule has 3 rings (SSSR count). The summed E-state index contributed by atoms with van der Waals surface area (Å²) in [6.07, 6.45) is 0. The van der Waals surface area contributed by atoms with Crippen molar-refractivity contribution in [1.29, 1.82) is 0 Å². The van der Waals surface area contributed by atoms with Crippen molar-refractivity contribution < 1.29 is 9.18 Å². The van der Waals surface area contributed by atoms with E-state index in [9.17, 15) is 14.0 Å². The molecule has 0 fully saturated rings. The zero-order valence-electron chi connectivity index (χ0n) is 14.7. The lowest BCUT2D eigenvalue weighted by atomic mass is 10.1. The number of urea groups is 1. The monoisotopic (exact) mass is 353 g/mol. The second-order valence-electron chi connectivity index (χ2n) is 6.11. The van der Waals surface area contributed by atoms with E-state index in [0.717, 1.165) is 16.5 Å². The summed E-state index contributed by atoms with van der Waals surface area (Å²) >= 11 is 0. The number of aryl methyl sites for hydroxylation is 1. The molecule has 2 N–H and O–H groups in total. The fraction of sp³-hybridized carbons (Fsp3) is 0.200. The molecule has 0 aliphatic rings. The van der Waals surface area contributed by atoms with Gasteiger partial charge in [0.05, 0.1) is 0 Å². The van der Waals surface area contributed by atoms with Gasteiger partial charge in [-0.2, -0.15) is 0 Å². The van der Waals surface area contributed by atoms with Crippen molar-refractivity contribution in [3.05, 3.63) is 75.8 Å². The number of fused-ring (bicyclic) bond motifs is 1. The van der Waals surface area contributed by atoms with Gasteiger partial charge in [-0.05, 0) is 43.2 Å². The first-order chi connectivity index (χ1) is 12.5. The molecule has 2 aromatic carbocycles. The van der Waals surface area contributed by atoms with E-state index >= 15 is 0 Å². The van der Waals surface area contributed by atoms with E-state index in [1.54, 1.807) is 24.0 Å². The Morgan fingerprint density at radius 3 is 2.69 bits per heavy atom. The first kappa shape index (κ1) is 17.7. The molecule has 0 radical (unpaired) electrons. The largest absolute Gasteiger partial charge is 0.322 e. The smallest absolute Gasteiger partial charge is 0.322 e. The number of aromatic amines is 1. The number of aromatic nitrogens is 1. The molecule has 0 aliphatic heterocycles. The number of benzene rings is 2. The summed E-state index contributed by atoms with van der Waals surface area (Å²) in [7, 11) is 0. The Kier molecular flexibility index (Phi) is 5.02. The Morgan fingerprint density at radius 1 is 1.19 bits per heavy atom. The van der Waals surface area contributed by atoms with Gasteiger partial charge in [0.2, 0.25) is 5.56 Å². The van der Waals surface area contributed by atoms with Crippen LogP contribution >= 0.6 is 0 Å². The summed E-state index contributed by atoms with van der Waals surface area (Å²) in [5.41, 5.74) is 2.19. The molecular weight excluding hydrogens is 333 g/mol. The molecule has 26 heavy (non-hydrogen) atoms. The second-order valence-corrected chi connectivity index (χ2v) is 6.11. The summed E-state index contributed by atoms with van der Waals surface area (Å²) in [5, 5.41) is 3.59. The van der Waals surface area contributed by atoms with E-state index in [4.69, 9.17) is 0 Å². The van der Waals surface area contributed by atoms with Crippen LogP contribution in [0.3, 0.4) is 0 Å². The number of hydrogen-bond donors (Lipinski definition) is 2. The van der Waals surface area contributed by atoms with Crippen LogP contribution < -0.4 is 10.9 Å². The number of nitrogens with one attached hydrogen (secondary N) is 2. The van der Waals surface area contributed by atoms with Gasteiger partial charge in [0.15, 0.2) is 0 Å². The van der Waals surface area contributed by atoms with E-state index in [1.165, 1.54) is 12.1 Å². The maximum absolute atomic E-state index is 13.7. The third-order valence-corrected chi connectivity index (χ3v) is 4.29. The Hall–Kier alpha value is -3.15. The minimum absolute atomic E-state index is 0.212. The van der Waals surface area contributed by atoms with E-state index in [0.29, 0.717) is 17.8 Å². The predicted octanol–water partition coefficient (Wildman–Crippen LogP) is 4.03. The predicted molar refractivity (Wildman–Crippen MR) is 101 cm³/mol. The lowest BCUT2D eigenvalue weighted by Gasteiger charge is -2.22. The lowest BCUT2D eigenvalue weighted by molar-refractivity contribution is 0.212. The Balaban J connectivity index is 1.84. The molecule has 0 aliphatic carbocycles. The van der Waals surface area contributed by atoms with Gasteiger partial charge in [-0.25, -0.2) is 9.18 Å². The maximum Gasteiger partial charge on any atom is 0.322 e. The topological polar surface area (TPSA) is 65.2 Å². The SMILES string of the molecule is CCN(Cc1cc(=O)[nH]c2ccccc12)C(=O)Nc1ccc(C)c(F)c1. The number of para-hydroxylation sites is 1. The molecule has 3 aromatic rings. The average molecular weight is 353 g/mol. The number of carbonyl (C=O) groups is 1. The quantitative estimate of drug-likeness (QED) is 0.744. The van der Waals surface area contributed by atoms with Crippen molar-refractivity contribution in [2.24, 2.45) is 0 Å². The Labute approximate surface area is 150 Å². The van der Waals surface area contributed by atoms with Gasteiger partial charge < -0.3 is 15.2 Å². The summed E-state index contributed by atoms with van der Waals surface area (Å²) in [6.45, 7) is 4.24. The lowest BCUT2D eigenvalue weighted by Crippen LogP contribution is -2.34. The van der Waals surface area contributed by atoms with Gasteiger partial charge in [0, 0.05) is 35.7 Å². The zero-order valence-corrected chi connectivity index (χ0v) is 14.7. The first-order valence-corrected chi connectivity index (χ1v) is 8.41. The minimum atomic E-state index is -0.369. The minimum Gasteiger partial charge on any atom is -0.322 e. The van der Waals surface area contributed by atoms with Crippen LogP contribution in [-0.2, 0) is 6.54 Å². The Bertz CT molecular complexity index is 1010. The van der Waals surface area contributed by atoms with Crippen molar-refractivity contribution in [1.82, 2.24) is 9.88 Å². The van der Waals surface area contributed by atoms with Crippen LogP contribution in [0.5, 0.6) is 0 Å². The van der Waals surface area contributed by atoms with Crippen LogP contribution in [0.2, 0.25) is 0 Å². The number of pyridine rings is 1. The number of H-pyrrole nitrogens is 1. The molecule has 0 bridgehead atoms. The Morgan fingerprint density at radius 2 is 1.96 bits per heavy atom. The number of amides is 2. The third kappa shape index (κ3) is 3.74. The third-order valence-electron chi connectivity index (χ3n) is 4.29. The van der Waals surface area contributed by atoms with E-state index in [1.807, 2.05) is 31.2 Å². The molecule has 1 heterocycles. The normalized spacial score (nSPS) is 10.7. The highest BCUT2D eigenvalue weighted by atomic mass is 19.1. The highest BCUT2D eigenvalue weighted by molar-refractivity contribution is 5.90. The number of carbonyl (C=O) groups excluding carboxylic acids is 1. The van der Waals surface area contributed by atoms with Crippen LogP contribution in [0.1, 0.15) is 18.1 Å². The molecule has 0 atom stereocenters. The molecular formula is C20H20FN3O2. The van der Waals surface area contributed by atoms with Gasteiger partial charge in [-0.1, -0.05) is 24.3 Å². The highest BCUT2D eigenvalue weighted by Crippen LogP contribution is 2.18. The molecule has 0 unspecified atom stereocenters. The molecule has 134 valence electrons. The van der Waals surface area contributed by atoms with Crippen LogP contribution in [0.25, 0.3) is 10.9 Å².